The Morgan fingerprint density at radius 1 is 1.26 bits per heavy atom. The number of carbonyl (C=O) groups excluding carboxylic acids is 1. The topological polar surface area (TPSA) is 38.3 Å². The first-order valence-corrected chi connectivity index (χ1v) is 6.08. The van der Waals surface area contributed by atoms with Gasteiger partial charge in [-0.3, -0.25) is 4.79 Å². The van der Waals surface area contributed by atoms with Crippen molar-refractivity contribution in [2.24, 2.45) is 0 Å². The Labute approximate surface area is 112 Å². The fraction of sp³-hybridized carbons (Fsp3) is 0.500. The lowest BCUT2D eigenvalue weighted by molar-refractivity contribution is -0.153. The highest BCUT2D eigenvalue weighted by molar-refractivity contribution is 5.72. The first-order chi connectivity index (χ1) is 8.67. The smallest absolute Gasteiger partial charge is 0.320 e. The molecule has 0 fully saturated rings. The Kier molecular flexibility index (Phi) is 5.00. The summed E-state index contributed by atoms with van der Waals surface area (Å²) in [6, 6.07) is 2.92. The molecule has 1 rings (SSSR count). The lowest BCUT2D eigenvalue weighted by atomic mass is 10.1. The Balaban J connectivity index is 2.56. The fourth-order valence-corrected chi connectivity index (χ4v) is 1.56. The summed E-state index contributed by atoms with van der Waals surface area (Å²) in [7, 11) is 0. The van der Waals surface area contributed by atoms with Gasteiger partial charge in [0.15, 0.2) is 0 Å². The summed E-state index contributed by atoms with van der Waals surface area (Å²) >= 11 is 0. The number of hydrogen-bond acceptors (Lipinski definition) is 3. The van der Waals surface area contributed by atoms with E-state index in [2.05, 4.69) is 5.32 Å². The van der Waals surface area contributed by atoms with Crippen molar-refractivity contribution in [2.75, 3.05) is 6.54 Å². The molecular weight excluding hydrogens is 252 g/mol. The van der Waals surface area contributed by atoms with Crippen LogP contribution in [0.5, 0.6) is 0 Å². The Hall–Kier alpha value is -1.49. The molecule has 1 atom stereocenters. The van der Waals surface area contributed by atoms with Crippen LogP contribution in [0, 0.1) is 11.6 Å². The van der Waals surface area contributed by atoms with Crippen molar-refractivity contribution in [3.05, 3.63) is 35.4 Å². The molecule has 0 aliphatic carbocycles. The molecule has 0 aromatic heterocycles. The number of nitrogens with one attached hydrogen (secondary N) is 1. The highest BCUT2D eigenvalue weighted by Gasteiger charge is 2.17. The van der Waals surface area contributed by atoms with Crippen molar-refractivity contribution < 1.29 is 18.3 Å². The minimum absolute atomic E-state index is 0.0173. The van der Waals surface area contributed by atoms with Crippen molar-refractivity contribution in [1.82, 2.24) is 5.32 Å². The summed E-state index contributed by atoms with van der Waals surface area (Å²) in [5.41, 5.74) is -0.103. The largest absolute Gasteiger partial charge is 0.459 e. The number of benzene rings is 1. The van der Waals surface area contributed by atoms with Crippen molar-refractivity contribution in [1.29, 1.82) is 0 Å². The maximum absolute atomic E-state index is 13.1. The first-order valence-electron chi connectivity index (χ1n) is 6.08. The normalized spacial score (nSPS) is 13.2. The molecule has 0 bridgehead atoms. The van der Waals surface area contributed by atoms with Gasteiger partial charge >= 0.3 is 5.97 Å². The second-order valence-corrected chi connectivity index (χ2v) is 5.39. The van der Waals surface area contributed by atoms with Gasteiger partial charge in [-0.1, -0.05) is 0 Å². The van der Waals surface area contributed by atoms with Crippen LogP contribution in [0.25, 0.3) is 0 Å². The monoisotopic (exact) mass is 271 g/mol. The number of ether oxygens (including phenoxy) is 1. The van der Waals surface area contributed by atoms with Gasteiger partial charge in [-0.15, -0.1) is 0 Å². The van der Waals surface area contributed by atoms with E-state index in [0.717, 1.165) is 6.07 Å². The van der Waals surface area contributed by atoms with E-state index in [1.54, 1.807) is 27.7 Å². The number of carbonyl (C=O) groups is 1. The molecule has 1 aromatic rings. The molecule has 1 unspecified atom stereocenters. The Morgan fingerprint density at radius 2 is 1.79 bits per heavy atom. The van der Waals surface area contributed by atoms with Gasteiger partial charge < -0.3 is 10.1 Å². The van der Waals surface area contributed by atoms with Crippen LogP contribution in [-0.4, -0.2) is 18.1 Å². The third-order valence-electron chi connectivity index (χ3n) is 2.36. The molecule has 5 heteroatoms. The maximum atomic E-state index is 13.1. The van der Waals surface area contributed by atoms with Crippen LogP contribution >= 0.6 is 0 Å². The van der Waals surface area contributed by atoms with Gasteiger partial charge in [0.2, 0.25) is 0 Å². The Morgan fingerprint density at radius 3 is 2.26 bits per heavy atom. The zero-order valence-corrected chi connectivity index (χ0v) is 11.6. The predicted molar refractivity (Wildman–Crippen MR) is 68.6 cm³/mol. The Bertz CT molecular complexity index is 435. The third-order valence-corrected chi connectivity index (χ3v) is 2.36. The highest BCUT2D eigenvalue weighted by Crippen LogP contribution is 2.16. The molecule has 3 nitrogen and oxygen atoms in total. The minimum atomic E-state index is -0.638. The van der Waals surface area contributed by atoms with Gasteiger partial charge in [-0.05, 0) is 45.4 Å². The van der Waals surface area contributed by atoms with Gasteiger partial charge in [0.05, 0.1) is 6.54 Å². The number of esters is 1. The van der Waals surface area contributed by atoms with Crippen molar-refractivity contribution in [3.8, 4) is 0 Å². The van der Waals surface area contributed by atoms with Crippen molar-refractivity contribution >= 4 is 5.97 Å². The second kappa shape index (κ2) is 6.10. The van der Waals surface area contributed by atoms with Gasteiger partial charge in [0, 0.05) is 12.1 Å². The SMILES string of the molecule is CC(NCC(=O)OC(C)(C)C)c1cc(F)cc(F)c1. The van der Waals surface area contributed by atoms with Crippen molar-refractivity contribution in [3.63, 3.8) is 0 Å². The number of rotatable bonds is 4. The van der Waals surface area contributed by atoms with Gasteiger partial charge in [0.1, 0.15) is 17.2 Å². The molecule has 1 N–H and O–H groups in total. The quantitative estimate of drug-likeness (QED) is 0.856. The van der Waals surface area contributed by atoms with E-state index in [-0.39, 0.29) is 12.6 Å². The summed E-state index contributed by atoms with van der Waals surface area (Å²) in [6.45, 7) is 7.03. The lowest BCUT2D eigenvalue weighted by Crippen LogP contribution is -2.32. The van der Waals surface area contributed by atoms with Crippen LogP contribution < -0.4 is 5.32 Å². The second-order valence-electron chi connectivity index (χ2n) is 5.39. The number of hydrogen-bond donors (Lipinski definition) is 1. The molecule has 0 saturated carbocycles. The van der Waals surface area contributed by atoms with E-state index < -0.39 is 23.2 Å². The molecule has 0 radical (unpaired) electrons. The van der Waals surface area contributed by atoms with Crippen LogP contribution in [0.3, 0.4) is 0 Å². The molecule has 0 amide bonds. The minimum Gasteiger partial charge on any atom is -0.459 e. The van der Waals surface area contributed by atoms with Crippen molar-refractivity contribution in [2.45, 2.75) is 39.3 Å². The third kappa shape index (κ3) is 5.79. The summed E-state index contributed by atoms with van der Waals surface area (Å²) in [6.07, 6.45) is 0. The zero-order valence-electron chi connectivity index (χ0n) is 11.6. The molecule has 19 heavy (non-hydrogen) atoms. The van der Waals surface area contributed by atoms with E-state index in [4.69, 9.17) is 4.74 Å². The molecular formula is C14H19F2NO2. The van der Waals surface area contributed by atoms with E-state index in [1.807, 2.05) is 0 Å². The standard InChI is InChI=1S/C14H19F2NO2/c1-9(10-5-11(15)7-12(16)6-10)17-8-13(18)19-14(2,3)4/h5-7,9,17H,8H2,1-4H3. The predicted octanol–water partition coefficient (Wildman–Crippen LogP) is 2.96. The van der Waals surface area contributed by atoms with Crippen LogP contribution in [0.2, 0.25) is 0 Å². The first kappa shape index (κ1) is 15.6. The van der Waals surface area contributed by atoms with Crippen LogP contribution in [-0.2, 0) is 9.53 Å². The molecule has 1 aromatic carbocycles. The lowest BCUT2D eigenvalue weighted by Gasteiger charge is -2.21. The molecule has 0 aliphatic rings. The summed E-state index contributed by atoms with van der Waals surface area (Å²) in [5, 5.41) is 2.87. The number of halogens is 2. The molecule has 106 valence electrons. The van der Waals surface area contributed by atoms with Crippen LogP contribution in [0.4, 0.5) is 8.78 Å². The molecule has 0 heterocycles. The highest BCUT2D eigenvalue weighted by atomic mass is 19.1. The maximum Gasteiger partial charge on any atom is 0.320 e. The zero-order chi connectivity index (χ0) is 14.6. The van der Waals surface area contributed by atoms with E-state index in [1.165, 1.54) is 12.1 Å². The summed E-state index contributed by atoms with van der Waals surface area (Å²) in [4.78, 5) is 11.5. The van der Waals surface area contributed by atoms with Gasteiger partial charge in [-0.25, -0.2) is 8.78 Å². The molecule has 0 spiro atoms. The summed E-state index contributed by atoms with van der Waals surface area (Å²) in [5.74, 6) is -1.68. The van der Waals surface area contributed by atoms with E-state index in [9.17, 15) is 13.6 Å². The fourth-order valence-electron chi connectivity index (χ4n) is 1.56. The van der Waals surface area contributed by atoms with Gasteiger partial charge in [0.25, 0.3) is 0 Å². The average Bonchev–Trinajstić information content (AvgIpc) is 2.22. The summed E-state index contributed by atoms with van der Waals surface area (Å²) < 4.78 is 31.2. The van der Waals surface area contributed by atoms with Crippen LogP contribution in [0.15, 0.2) is 18.2 Å². The van der Waals surface area contributed by atoms with Crippen LogP contribution in [0.1, 0.15) is 39.3 Å². The molecule has 0 aliphatic heterocycles. The van der Waals surface area contributed by atoms with E-state index >= 15 is 0 Å². The molecule has 0 saturated heterocycles. The van der Waals surface area contributed by atoms with Gasteiger partial charge in [-0.2, -0.15) is 0 Å². The van der Waals surface area contributed by atoms with E-state index in [0.29, 0.717) is 5.56 Å². The average molecular weight is 271 g/mol.